The first-order valence-electron chi connectivity index (χ1n) is 10.2. The first kappa shape index (κ1) is 17.9. The highest BCUT2D eigenvalue weighted by atomic mass is 16.7. The molecular formula is C27H18O4. The lowest BCUT2D eigenvalue weighted by molar-refractivity contribution is -0.222. The average Bonchev–Trinajstić information content (AvgIpc) is 2.74. The summed E-state index contributed by atoms with van der Waals surface area (Å²) in [4.78, 5) is 24.9. The summed E-state index contributed by atoms with van der Waals surface area (Å²) in [5.74, 6) is -2.60. The molecule has 1 saturated heterocycles. The molecule has 4 heteroatoms. The van der Waals surface area contributed by atoms with Crippen LogP contribution in [-0.4, -0.2) is 17.7 Å². The minimum absolute atomic E-state index is 0.0988. The van der Waals surface area contributed by atoms with Crippen molar-refractivity contribution in [2.45, 2.75) is 19.6 Å². The number of hydrogen-bond donors (Lipinski definition) is 0. The summed E-state index contributed by atoms with van der Waals surface area (Å²) >= 11 is 0. The molecule has 0 radical (unpaired) electrons. The van der Waals surface area contributed by atoms with Crippen LogP contribution in [0.2, 0.25) is 0 Å². The molecule has 0 N–H and O–H groups in total. The van der Waals surface area contributed by atoms with E-state index in [-0.39, 0.29) is 5.57 Å². The topological polar surface area (TPSA) is 52.6 Å². The van der Waals surface area contributed by atoms with Gasteiger partial charge in [0.2, 0.25) is 0 Å². The molecule has 5 aromatic carbocycles. The van der Waals surface area contributed by atoms with Crippen LogP contribution in [0.5, 0.6) is 0 Å². The summed E-state index contributed by atoms with van der Waals surface area (Å²) in [5, 5.41) is 9.21. The van der Waals surface area contributed by atoms with Crippen LogP contribution < -0.4 is 0 Å². The maximum Gasteiger partial charge on any atom is 0.348 e. The molecule has 4 nitrogen and oxygen atoms in total. The molecule has 1 aliphatic heterocycles. The summed E-state index contributed by atoms with van der Waals surface area (Å²) in [6, 6.07) is 22.9. The summed E-state index contributed by atoms with van der Waals surface area (Å²) in [5.41, 5.74) is 0.675. The predicted octanol–water partition coefficient (Wildman–Crippen LogP) is 5.96. The summed E-state index contributed by atoms with van der Waals surface area (Å²) in [6.45, 7) is 3.08. The van der Waals surface area contributed by atoms with Crippen LogP contribution in [0.4, 0.5) is 0 Å². The summed E-state index contributed by atoms with van der Waals surface area (Å²) in [6.07, 6.45) is 1.57. The van der Waals surface area contributed by atoms with E-state index < -0.39 is 17.7 Å². The number of benzene rings is 5. The van der Waals surface area contributed by atoms with Crippen molar-refractivity contribution < 1.29 is 19.1 Å². The van der Waals surface area contributed by atoms with Crippen LogP contribution in [0.15, 0.2) is 72.3 Å². The van der Waals surface area contributed by atoms with Gasteiger partial charge in [0.1, 0.15) is 5.57 Å². The number of ether oxygens (including phenoxy) is 2. The predicted molar refractivity (Wildman–Crippen MR) is 122 cm³/mol. The molecule has 0 unspecified atom stereocenters. The Morgan fingerprint density at radius 3 is 1.81 bits per heavy atom. The quantitative estimate of drug-likeness (QED) is 0.113. The van der Waals surface area contributed by atoms with Crippen molar-refractivity contribution in [3.05, 3.63) is 77.9 Å². The molecule has 0 amide bonds. The molecule has 0 spiro atoms. The van der Waals surface area contributed by atoms with Crippen LogP contribution in [-0.2, 0) is 19.1 Å². The normalized spacial score (nSPS) is 16.3. The molecule has 150 valence electrons. The SMILES string of the molecule is CC1(C)OC(=O)C(=Cc2ccc3c4cccc5cccc(c6cccc2c63)c54)C(=O)O1. The van der Waals surface area contributed by atoms with Gasteiger partial charge in [0, 0.05) is 13.8 Å². The van der Waals surface area contributed by atoms with Crippen molar-refractivity contribution in [1.29, 1.82) is 0 Å². The van der Waals surface area contributed by atoms with Gasteiger partial charge in [-0.3, -0.25) is 0 Å². The lowest BCUT2D eigenvalue weighted by Gasteiger charge is -2.29. The second-order valence-electron chi connectivity index (χ2n) is 8.38. The molecule has 0 aliphatic carbocycles. The Kier molecular flexibility index (Phi) is 3.49. The van der Waals surface area contributed by atoms with E-state index in [1.165, 1.54) is 21.5 Å². The van der Waals surface area contributed by atoms with E-state index in [1.54, 1.807) is 19.9 Å². The lowest BCUT2D eigenvalue weighted by Crippen LogP contribution is -2.41. The van der Waals surface area contributed by atoms with Gasteiger partial charge in [-0.15, -0.1) is 0 Å². The number of carbonyl (C=O) groups is 2. The molecular weight excluding hydrogens is 388 g/mol. The van der Waals surface area contributed by atoms with Gasteiger partial charge in [0.15, 0.2) is 0 Å². The number of hydrogen-bond acceptors (Lipinski definition) is 4. The molecule has 31 heavy (non-hydrogen) atoms. The number of fused-ring (bicyclic) bond motifs is 2. The van der Waals surface area contributed by atoms with Crippen LogP contribution in [0.25, 0.3) is 49.2 Å². The van der Waals surface area contributed by atoms with Crippen molar-refractivity contribution in [3.63, 3.8) is 0 Å². The molecule has 0 saturated carbocycles. The summed E-state index contributed by atoms with van der Waals surface area (Å²) < 4.78 is 10.5. The van der Waals surface area contributed by atoms with Gasteiger partial charge in [-0.2, -0.15) is 0 Å². The standard InChI is InChI=1S/C27H18O4/c1-27(2)30-25(28)22(26(29)31-27)14-16-12-13-21-19-10-4-7-15-6-3-9-18(23(15)19)20-11-5-8-17(16)24(20)21/h3-14H,1-2H3. The largest absolute Gasteiger partial charge is 0.419 e. The van der Waals surface area contributed by atoms with Gasteiger partial charge in [-0.05, 0) is 54.7 Å². The van der Waals surface area contributed by atoms with Gasteiger partial charge in [0.25, 0.3) is 5.79 Å². The maximum atomic E-state index is 12.5. The molecule has 5 aromatic rings. The first-order valence-corrected chi connectivity index (χ1v) is 10.2. The molecule has 1 aliphatic rings. The Balaban J connectivity index is 1.68. The smallest absolute Gasteiger partial charge is 0.348 e. The number of cyclic esters (lactones) is 2. The van der Waals surface area contributed by atoms with Crippen molar-refractivity contribution >= 4 is 61.1 Å². The number of carbonyl (C=O) groups excluding carboxylic acids is 2. The van der Waals surface area contributed by atoms with Gasteiger partial charge < -0.3 is 9.47 Å². The third-order valence-corrected chi connectivity index (χ3v) is 5.98. The zero-order valence-electron chi connectivity index (χ0n) is 17.1. The fourth-order valence-corrected chi connectivity index (χ4v) is 4.73. The number of rotatable bonds is 1. The van der Waals surface area contributed by atoms with E-state index in [0.717, 1.165) is 27.1 Å². The van der Waals surface area contributed by atoms with E-state index >= 15 is 0 Å². The Bertz CT molecular complexity index is 1520. The van der Waals surface area contributed by atoms with E-state index in [1.807, 2.05) is 18.2 Å². The summed E-state index contributed by atoms with van der Waals surface area (Å²) in [7, 11) is 0. The van der Waals surface area contributed by atoms with Crippen molar-refractivity contribution in [2.24, 2.45) is 0 Å². The average molecular weight is 406 g/mol. The lowest BCUT2D eigenvalue weighted by atomic mass is 9.88. The van der Waals surface area contributed by atoms with E-state index in [4.69, 9.17) is 9.47 Å². The highest BCUT2D eigenvalue weighted by Crippen LogP contribution is 2.41. The Hall–Kier alpha value is -3.92. The second-order valence-corrected chi connectivity index (χ2v) is 8.38. The molecule has 0 aromatic heterocycles. The third kappa shape index (κ3) is 2.55. The minimum Gasteiger partial charge on any atom is -0.419 e. The Morgan fingerprint density at radius 2 is 1.16 bits per heavy atom. The van der Waals surface area contributed by atoms with Gasteiger partial charge >= 0.3 is 11.9 Å². The van der Waals surface area contributed by atoms with E-state index in [0.29, 0.717) is 0 Å². The third-order valence-electron chi connectivity index (χ3n) is 5.98. The van der Waals surface area contributed by atoms with E-state index in [2.05, 4.69) is 48.5 Å². The monoisotopic (exact) mass is 406 g/mol. The van der Waals surface area contributed by atoms with Crippen molar-refractivity contribution in [2.75, 3.05) is 0 Å². The van der Waals surface area contributed by atoms with Crippen LogP contribution >= 0.6 is 0 Å². The fraction of sp³-hybridized carbons (Fsp3) is 0.111. The molecule has 0 atom stereocenters. The van der Waals surface area contributed by atoms with Crippen molar-refractivity contribution in [3.8, 4) is 0 Å². The van der Waals surface area contributed by atoms with Gasteiger partial charge in [0.05, 0.1) is 0 Å². The number of esters is 2. The molecule has 1 heterocycles. The Labute approximate surface area is 178 Å². The zero-order chi connectivity index (χ0) is 21.3. The van der Waals surface area contributed by atoms with Crippen LogP contribution in [0, 0.1) is 0 Å². The Morgan fingerprint density at radius 1 is 0.645 bits per heavy atom. The second kappa shape index (κ2) is 6.05. The minimum atomic E-state index is -1.26. The van der Waals surface area contributed by atoms with Crippen molar-refractivity contribution in [1.82, 2.24) is 0 Å². The highest BCUT2D eigenvalue weighted by Gasteiger charge is 2.38. The van der Waals surface area contributed by atoms with Gasteiger partial charge in [-0.1, -0.05) is 66.7 Å². The molecule has 6 rings (SSSR count). The molecule has 0 bridgehead atoms. The van der Waals surface area contributed by atoms with Crippen LogP contribution in [0.1, 0.15) is 19.4 Å². The first-order chi connectivity index (χ1) is 14.9. The van der Waals surface area contributed by atoms with Gasteiger partial charge in [-0.25, -0.2) is 9.59 Å². The zero-order valence-corrected chi connectivity index (χ0v) is 17.1. The fourth-order valence-electron chi connectivity index (χ4n) is 4.73. The highest BCUT2D eigenvalue weighted by molar-refractivity contribution is 6.33. The maximum absolute atomic E-state index is 12.5. The van der Waals surface area contributed by atoms with E-state index in [9.17, 15) is 9.59 Å². The molecule has 1 fully saturated rings. The van der Waals surface area contributed by atoms with Crippen LogP contribution in [0.3, 0.4) is 0 Å².